The van der Waals surface area contributed by atoms with Gasteiger partial charge in [-0.25, -0.2) is 4.79 Å². The molecule has 29 heavy (non-hydrogen) atoms. The van der Waals surface area contributed by atoms with Gasteiger partial charge in [-0.1, -0.05) is 41.9 Å². The standard InChI is InChI=1S/C21H20ClN3O4/c1-13(26)25(21(28)29-15-7-4-3-5-8-15)20(27)18(23-2)11-14-12-24-19-16(14)9-6-10-17(19)22/h3-10,12,18,23-24H,11H2,1-2H3. The van der Waals surface area contributed by atoms with Crippen LogP contribution in [0.1, 0.15) is 12.5 Å². The number of carbonyl (C=O) groups excluding carboxylic acids is 3. The first kappa shape index (κ1) is 20.6. The number of amides is 3. The highest BCUT2D eigenvalue weighted by molar-refractivity contribution is 6.35. The molecule has 0 saturated heterocycles. The number of nitrogens with zero attached hydrogens (tertiary/aromatic N) is 1. The number of ether oxygens (including phenoxy) is 1. The van der Waals surface area contributed by atoms with E-state index in [1.54, 1.807) is 49.6 Å². The summed E-state index contributed by atoms with van der Waals surface area (Å²) >= 11 is 6.19. The third kappa shape index (κ3) is 4.47. The minimum absolute atomic E-state index is 0.240. The normalized spacial score (nSPS) is 11.8. The summed E-state index contributed by atoms with van der Waals surface area (Å²) in [4.78, 5) is 41.1. The summed E-state index contributed by atoms with van der Waals surface area (Å²) in [6.45, 7) is 1.14. The lowest BCUT2D eigenvalue weighted by molar-refractivity contribution is -0.141. The van der Waals surface area contributed by atoms with Crippen molar-refractivity contribution in [2.75, 3.05) is 7.05 Å². The minimum atomic E-state index is -1.05. The number of para-hydroxylation sites is 2. The molecule has 2 N–H and O–H groups in total. The molecule has 3 aromatic rings. The van der Waals surface area contributed by atoms with Crippen molar-refractivity contribution in [1.82, 2.24) is 15.2 Å². The third-order valence-corrected chi connectivity index (χ3v) is 4.80. The van der Waals surface area contributed by atoms with Gasteiger partial charge in [0.25, 0.3) is 5.91 Å². The first-order valence-electron chi connectivity index (χ1n) is 8.95. The quantitative estimate of drug-likeness (QED) is 0.667. The van der Waals surface area contributed by atoms with E-state index in [0.29, 0.717) is 9.92 Å². The Morgan fingerprint density at radius 1 is 1.14 bits per heavy atom. The second kappa shape index (κ2) is 8.89. The summed E-state index contributed by atoms with van der Waals surface area (Å²) in [5.41, 5.74) is 1.59. The number of hydrogen-bond acceptors (Lipinski definition) is 5. The number of aromatic nitrogens is 1. The molecule has 0 radical (unpaired) electrons. The lowest BCUT2D eigenvalue weighted by Gasteiger charge is -2.22. The molecule has 0 fully saturated rings. The van der Waals surface area contributed by atoms with Crippen LogP contribution in [-0.4, -0.2) is 40.9 Å². The molecule has 1 atom stereocenters. The maximum atomic E-state index is 13.0. The van der Waals surface area contributed by atoms with Crippen molar-refractivity contribution in [3.63, 3.8) is 0 Å². The fourth-order valence-corrected chi connectivity index (χ4v) is 3.27. The van der Waals surface area contributed by atoms with Crippen LogP contribution in [0.4, 0.5) is 4.79 Å². The van der Waals surface area contributed by atoms with Crippen LogP contribution in [0.5, 0.6) is 5.75 Å². The number of benzene rings is 2. The molecule has 7 nitrogen and oxygen atoms in total. The molecule has 0 aliphatic heterocycles. The van der Waals surface area contributed by atoms with Gasteiger partial charge >= 0.3 is 6.09 Å². The van der Waals surface area contributed by atoms with Gasteiger partial charge < -0.3 is 15.0 Å². The van der Waals surface area contributed by atoms with Gasteiger partial charge in [0.05, 0.1) is 16.6 Å². The minimum Gasteiger partial charge on any atom is -0.410 e. The number of carbonyl (C=O) groups is 3. The van der Waals surface area contributed by atoms with Gasteiger partial charge in [0.15, 0.2) is 0 Å². The number of imide groups is 3. The highest BCUT2D eigenvalue weighted by atomic mass is 35.5. The van der Waals surface area contributed by atoms with Crippen molar-refractivity contribution in [2.45, 2.75) is 19.4 Å². The zero-order valence-electron chi connectivity index (χ0n) is 15.9. The van der Waals surface area contributed by atoms with Gasteiger partial charge in [-0.05, 0) is 37.2 Å². The maximum absolute atomic E-state index is 13.0. The Morgan fingerprint density at radius 2 is 1.86 bits per heavy atom. The fraction of sp³-hybridized carbons (Fsp3) is 0.190. The molecule has 3 amide bonds. The second-order valence-corrected chi connectivity index (χ2v) is 6.80. The van der Waals surface area contributed by atoms with E-state index in [9.17, 15) is 14.4 Å². The van der Waals surface area contributed by atoms with Crippen LogP contribution in [0.3, 0.4) is 0 Å². The van der Waals surface area contributed by atoms with Gasteiger partial charge in [-0.2, -0.15) is 4.90 Å². The van der Waals surface area contributed by atoms with Gasteiger partial charge in [0.1, 0.15) is 5.75 Å². The number of nitrogens with one attached hydrogen (secondary N) is 2. The van der Waals surface area contributed by atoms with Crippen molar-refractivity contribution in [3.05, 3.63) is 65.3 Å². The van der Waals surface area contributed by atoms with E-state index in [-0.39, 0.29) is 12.2 Å². The Bertz CT molecular complexity index is 1050. The van der Waals surface area contributed by atoms with Crippen LogP contribution >= 0.6 is 11.6 Å². The molecule has 0 aliphatic carbocycles. The molecule has 0 aliphatic rings. The van der Waals surface area contributed by atoms with E-state index in [4.69, 9.17) is 16.3 Å². The zero-order chi connectivity index (χ0) is 21.0. The molecule has 3 rings (SSSR count). The Morgan fingerprint density at radius 3 is 2.52 bits per heavy atom. The molecule has 150 valence electrons. The third-order valence-electron chi connectivity index (χ3n) is 4.49. The molecule has 0 saturated carbocycles. The second-order valence-electron chi connectivity index (χ2n) is 6.40. The molecule has 1 unspecified atom stereocenters. The molecule has 2 aromatic carbocycles. The Hall–Kier alpha value is -3.16. The lowest BCUT2D eigenvalue weighted by Crippen LogP contribution is -2.51. The average Bonchev–Trinajstić information content (AvgIpc) is 3.10. The predicted octanol–water partition coefficient (Wildman–Crippen LogP) is 3.53. The van der Waals surface area contributed by atoms with Gasteiger partial charge in [0.2, 0.25) is 5.91 Å². The summed E-state index contributed by atoms with van der Waals surface area (Å²) in [5, 5.41) is 4.31. The molecular weight excluding hydrogens is 394 g/mol. The molecule has 1 heterocycles. The van der Waals surface area contributed by atoms with Crippen molar-refractivity contribution >= 4 is 40.4 Å². The number of hydrogen-bond donors (Lipinski definition) is 2. The Kier molecular flexibility index (Phi) is 6.31. The number of rotatable bonds is 5. The lowest BCUT2D eigenvalue weighted by atomic mass is 10.0. The molecule has 8 heteroatoms. The molecular formula is C21H20ClN3O4. The van der Waals surface area contributed by atoms with Crippen molar-refractivity contribution < 1.29 is 19.1 Å². The average molecular weight is 414 g/mol. The van der Waals surface area contributed by atoms with Crippen molar-refractivity contribution in [3.8, 4) is 5.75 Å². The highest BCUT2D eigenvalue weighted by Crippen LogP contribution is 2.26. The smallest absolute Gasteiger partial charge is 0.410 e. The molecule has 0 spiro atoms. The molecule has 0 bridgehead atoms. The first-order chi connectivity index (χ1) is 13.9. The summed E-state index contributed by atoms with van der Waals surface area (Å²) in [6.07, 6.45) is 0.961. The van der Waals surface area contributed by atoms with Crippen molar-refractivity contribution in [2.24, 2.45) is 0 Å². The number of H-pyrrole nitrogens is 1. The van der Waals surface area contributed by atoms with Crippen LogP contribution in [0.25, 0.3) is 10.9 Å². The highest BCUT2D eigenvalue weighted by Gasteiger charge is 2.33. The largest absolute Gasteiger partial charge is 0.429 e. The van der Waals surface area contributed by atoms with E-state index in [1.165, 1.54) is 0 Å². The maximum Gasteiger partial charge on any atom is 0.429 e. The number of likely N-dealkylation sites (N-methyl/N-ethyl adjacent to an activating group) is 1. The van der Waals surface area contributed by atoms with Crippen LogP contribution < -0.4 is 10.1 Å². The Labute approximate surface area is 172 Å². The van der Waals surface area contributed by atoms with E-state index in [2.05, 4.69) is 10.3 Å². The zero-order valence-corrected chi connectivity index (χ0v) is 16.7. The first-order valence-corrected chi connectivity index (χ1v) is 9.33. The Balaban J connectivity index is 1.82. The summed E-state index contributed by atoms with van der Waals surface area (Å²) in [6, 6.07) is 12.9. The summed E-state index contributed by atoms with van der Waals surface area (Å²) in [7, 11) is 1.59. The van der Waals surface area contributed by atoms with E-state index >= 15 is 0 Å². The van der Waals surface area contributed by atoms with E-state index in [1.807, 2.05) is 12.1 Å². The van der Waals surface area contributed by atoms with Crippen molar-refractivity contribution in [1.29, 1.82) is 0 Å². The number of fused-ring (bicyclic) bond motifs is 1. The number of halogens is 1. The van der Waals surface area contributed by atoms with Gasteiger partial charge in [-0.15, -0.1) is 0 Å². The van der Waals surface area contributed by atoms with Crippen LogP contribution in [0, 0.1) is 0 Å². The monoisotopic (exact) mass is 413 g/mol. The SMILES string of the molecule is CNC(Cc1c[nH]c2c(Cl)cccc12)C(=O)N(C(C)=O)C(=O)Oc1ccccc1. The topological polar surface area (TPSA) is 91.5 Å². The fourth-order valence-electron chi connectivity index (χ4n) is 3.04. The summed E-state index contributed by atoms with van der Waals surface area (Å²) in [5.74, 6) is -1.18. The van der Waals surface area contributed by atoms with Gasteiger partial charge in [-0.3, -0.25) is 9.59 Å². The van der Waals surface area contributed by atoms with Crippen LogP contribution in [0.15, 0.2) is 54.7 Å². The summed E-state index contributed by atoms with van der Waals surface area (Å²) < 4.78 is 5.17. The van der Waals surface area contributed by atoms with E-state index in [0.717, 1.165) is 23.4 Å². The predicted molar refractivity (Wildman–Crippen MR) is 110 cm³/mol. The van der Waals surface area contributed by atoms with Crippen LogP contribution in [0.2, 0.25) is 5.02 Å². The van der Waals surface area contributed by atoms with Gasteiger partial charge in [0, 0.05) is 18.5 Å². The molecule has 1 aromatic heterocycles. The van der Waals surface area contributed by atoms with Crippen LogP contribution in [-0.2, 0) is 16.0 Å². The van der Waals surface area contributed by atoms with E-state index < -0.39 is 23.9 Å². The number of aromatic amines is 1.